The first-order valence-corrected chi connectivity index (χ1v) is 13.6. The molecule has 1 fully saturated rings. The monoisotopic (exact) mass is 523 g/mol. The fourth-order valence-corrected chi connectivity index (χ4v) is 6.05. The number of carbonyl (C=O) groups excluding carboxylic acids is 2. The molecule has 1 saturated heterocycles. The van der Waals surface area contributed by atoms with Gasteiger partial charge in [-0.05, 0) is 59.7 Å². The Labute approximate surface area is 221 Å². The van der Waals surface area contributed by atoms with E-state index < -0.39 is 0 Å². The van der Waals surface area contributed by atoms with Crippen LogP contribution in [0, 0.1) is 0 Å². The smallest absolute Gasteiger partial charge is 0.260 e. The molecule has 188 valence electrons. The topological polar surface area (TPSA) is 53.1 Å². The molecule has 1 atom stereocenters. The number of fused-ring (bicyclic) bond motifs is 1. The van der Waals surface area contributed by atoms with Crippen LogP contribution < -0.4 is 4.74 Å². The number of para-hydroxylation sites is 1. The van der Waals surface area contributed by atoms with Gasteiger partial charge in [0.05, 0.1) is 12.6 Å². The number of rotatable bonds is 6. The van der Waals surface area contributed by atoms with Gasteiger partial charge in [0.15, 0.2) is 6.61 Å². The van der Waals surface area contributed by atoms with E-state index in [1.807, 2.05) is 52.3 Å². The quantitative estimate of drug-likeness (QED) is 0.478. The van der Waals surface area contributed by atoms with Crippen molar-refractivity contribution in [2.75, 3.05) is 45.9 Å². The summed E-state index contributed by atoms with van der Waals surface area (Å²) >= 11 is 7.93. The van der Waals surface area contributed by atoms with Crippen molar-refractivity contribution in [3.05, 3.63) is 87.1 Å². The van der Waals surface area contributed by atoms with Gasteiger partial charge in [-0.1, -0.05) is 41.9 Å². The highest BCUT2D eigenvalue weighted by Crippen LogP contribution is 2.38. The van der Waals surface area contributed by atoms with E-state index in [4.69, 9.17) is 16.3 Å². The van der Waals surface area contributed by atoms with Gasteiger partial charge in [0.1, 0.15) is 5.75 Å². The number of thiophene rings is 1. The lowest BCUT2D eigenvalue weighted by Crippen LogP contribution is -2.45. The van der Waals surface area contributed by atoms with Crippen molar-refractivity contribution in [3.8, 4) is 5.75 Å². The Morgan fingerprint density at radius 2 is 1.61 bits per heavy atom. The average Bonchev–Trinajstić information content (AvgIpc) is 3.24. The number of nitrogens with zero attached hydrogens (tertiary/aromatic N) is 3. The SMILES string of the molecule is O=C(COc1ccccc1)N1CCCN(C(=O)CN2CCc3sccc3[C@@H]2c2ccc(Cl)cc2)CC1. The molecule has 6 nitrogen and oxygen atoms in total. The highest BCUT2D eigenvalue weighted by molar-refractivity contribution is 7.10. The Balaban J connectivity index is 1.20. The van der Waals surface area contributed by atoms with Crippen molar-refractivity contribution in [1.29, 1.82) is 0 Å². The van der Waals surface area contributed by atoms with Crippen LogP contribution in [-0.4, -0.2) is 72.4 Å². The first-order chi connectivity index (χ1) is 17.6. The molecule has 36 heavy (non-hydrogen) atoms. The maximum atomic E-state index is 13.4. The van der Waals surface area contributed by atoms with E-state index in [2.05, 4.69) is 28.5 Å². The van der Waals surface area contributed by atoms with Crippen LogP contribution >= 0.6 is 22.9 Å². The van der Waals surface area contributed by atoms with E-state index in [0.29, 0.717) is 43.5 Å². The lowest BCUT2D eigenvalue weighted by molar-refractivity contribution is -0.135. The fourth-order valence-electron chi connectivity index (χ4n) is 5.02. The van der Waals surface area contributed by atoms with Gasteiger partial charge in [0.2, 0.25) is 5.91 Å². The summed E-state index contributed by atoms with van der Waals surface area (Å²) < 4.78 is 5.63. The zero-order chi connectivity index (χ0) is 24.9. The average molecular weight is 524 g/mol. The first kappa shape index (κ1) is 24.8. The Bertz CT molecular complexity index is 1180. The molecule has 8 heteroatoms. The van der Waals surface area contributed by atoms with Crippen LogP contribution in [-0.2, 0) is 16.0 Å². The van der Waals surface area contributed by atoms with Gasteiger partial charge in [-0.3, -0.25) is 14.5 Å². The lowest BCUT2D eigenvalue weighted by Gasteiger charge is -2.37. The van der Waals surface area contributed by atoms with E-state index in [9.17, 15) is 9.59 Å². The van der Waals surface area contributed by atoms with Crippen molar-refractivity contribution in [1.82, 2.24) is 14.7 Å². The molecule has 2 aromatic carbocycles. The third kappa shape index (κ3) is 5.75. The van der Waals surface area contributed by atoms with Crippen LogP contribution in [0.4, 0.5) is 0 Å². The van der Waals surface area contributed by atoms with Gasteiger partial charge in [-0.2, -0.15) is 0 Å². The van der Waals surface area contributed by atoms with Crippen LogP contribution in [0.2, 0.25) is 5.02 Å². The Hall–Kier alpha value is -2.87. The van der Waals surface area contributed by atoms with Crippen LogP contribution in [0.1, 0.15) is 28.5 Å². The molecular weight excluding hydrogens is 494 g/mol. The summed E-state index contributed by atoms with van der Waals surface area (Å²) in [5, 5.41) is 2.85. The molecule has 0 unspecified atom stereocenters. The van der Waals surface area contributed by atoms with Crippen molar-refractivity contribution < 1.29 is 14.3 Å². The highest BCUT2D eigenvalue weighted by Gasteiger charge is 2.32. The Morgan fingerprint density at radius 3 is 2.36 bits per heavy atom. The standard InChI is InChI=1S/C28H30ClN3O3S/c29-22-9-7-21(8-10-22)28-24-12-18-36-25(24)11-15-32(28)19-26(33)30-13-4-14-31(17-16-30)27(34)20-35-23-5-2-1-3-6-23/h1-3,5-10,12,18,28H,4,11,13-17,19-20H2/t28-/m0/s1. The molecule has 0 bridgehead atoms. The molecule has 2 aliphatic rings. The maximum absolute atomic E-state index is 13.4. The summed E-state index contributed by atoms with van der Waals surface area (Å²) in [4.78, 5) is 33.5. The lowest BCUT2D eigenvalue weighted by atomic mass is 9.93. The molecule has 0 saturated carbocycles. The first-order valence-electron chi connectivity index (χ1n) is 12.4. The van der Waals surface area contributed by atoms with Crippen LogP contribution in [0.3, 0.4) is 0 Å². The molecule has 0 radical (unpaired) electrons. The van der Waals surface area contributed by atoms with Crippen LogP contribution in [0.15, 0.2) is 66.0 Å². The summed E-state index contributed by atoms with van der Waals surface area (Å²) in [6.07, 6.45) is 1.71. The van der Waals surface area contributed by atoms with E-state index in [1.54, 1.807) is 11.3 Å². The minimum absolute atomic E-state index is 0.0114. The zero-order valence-corrected chi connectivity index (χ0v) is 21.7. The third-order valence-electron chi connectivity index (χ3n) is 6.90. The van der Waals surface area contributed by atoms with E-state index >= 15 is 0 Å². The fraction of sp³-hybridized carbons (Fsp3) is 0.357. The number of halogens is 1. The molecule has 3 aromatic rings. The van der Waals surface area contributed by atoms with E-state index in [0.717, 1.165) is 24.9 Å². The van der Waals surface area contributed by atoms with E-state index in [1.165, 1.54) is 10.4 Å². The summed E-state index contributed by atoms with van der Waals surface area (Å²) in [5.41, 5.74) is 2.44. The largest absolute Gasteiger partial charge is 0.484 e. The molecule has 3 heterocycles. The minimum atomic E-state index is -0.0445. The second-order valence-corrected chi connectivity index (χ2v) is 10.6. The number of hydrogen-bond donors (Lipinski definition) is 0. The third-order valence-corrected chi connectivity index (χ3v) is 8.15. The molecule has 1 aromatic heterocycles. The van der Waals surface area contributed by atoms with Crippen molar-refractivity contribution >= 4 is 34.8 Å². The predicted molar refractivity (Wildman–Crippen MR) is 143 cm³/mol. The maximum Gasteiger partial charge on any atom is 0.260 e. The summed E-state index contributed by atoms with van der Waals surface area (Å²) in [6.45, 7) is 3.56. The van der Waals surface area contributed by atoms with Crippen molar-refractivity contribution in [3.63, 3.8) is 0 Å². The molecule has 0 N–H and O–H groups in total. The van der Waals surface area contributed by atoms with Crippen LogP contribution in [0.25, 0.3) is 0 Å². The van der Waals surface area contributed by atoms with E-state index in [-0.39, 0.29) is 24.5 Å². The summed E-state index contributed by atoms with van der Waals surface area (Å²) in [5.74, 6) is 0.752. The number of ether oxygens (including phenoxy) is 1. The minimum Gasteiger partial charge on any atom is -0.484 e. The zero-order valence-electron chi connectivity index (χ0n) is 20.1. The second kappa shape index (κ2) is 11.5. The van der Waals surface area contributed by atoms with Crippen molar-refractivity contribution in [2.24, 2.45) is 0 Å². The van der Waals surface area contributed by atoms with Crippen LogP contribution in [0.5, 0.6) is 5.75 Å². The van der Waals surface area contributed by atoms with Gasteiger partial charge in [-0.25, -0.2) is 0 Å². The van der Waals surface area contributed by atoms with Gasteiger partial charge >= 0.3 is 0 Å². The second-order valence-electron chi connectivity index (χ2n) is 9.19. The van der Waals surface area contributed by atoms with Crippen molar-refractivity contribution in [2.45, 2.75) is 18.9 Å². The molecule has 0 spiro atoms. The molecule has 5 rings (SSSR count). The molecule has 0 aliphatic carbocycles. The normalized spacial score (nSPS) is 18.4. The Morgan fingerprint density at radius 1 is 0.889 bits per heavy atom. The van der Waals surface area contributed by atoms with Gasteiger partial charge in [-0.15, -0.1) is 11.3 Å². The van der Waals surface area contributed by atoms with Gasteiger partial charge in [0.25, 0.3) is 5.91 Å². The highest BCUT2D eigenvalue weighted by atomic mass is 35.5. The number of benzene rings is 2. The molecular formula is C28H30ClN3O3S. The number of carbonyl (C=O) groups is 2. The molecule has 2 amide bonds. The summed E-state index contributed by atoms with van der Waals surface area (Å²) in [6, 6.07) is 19.5. The number of amides is 2. The summed E-state index contributed by atoms with van der Waals surface area (Å²) in [7, 11) is 0. The predicted octanol–water partition coefficient (Wildman–Crippen LogP) is 4.49. The van der Waals surface area contributed by atoms with Gasteiger partial charge < -0.3 is 14.5 Å². The molecule has 2 aliphatic heterocycles. The van der Waals surface area contributed by atoms with Gasteiger partial charge in [0, 0.05) is 42.6 Å². The Kier molecular flexibility index (Phi) is 7.90. The number of hydrogen-bond acceptors (Lipinski definition) is 5.